The number of thiazole rings is 1. The molecule has 396 valence electrons. The van der Waals surface area contributed by atoms with E-state index in [4.69, 9.17) is 14.2 Å². The Labute approximate surface area is 437 Å². The lowest BCUT2D eigenvalue weighted by atomic mass is 9.85. The molecule has 1 fully saturated rings. The van der Waals surface area contributed by atoms with Gasteiger partial charge >= 0.3 is 0 Å². The summed E-state index contributed by atoms with van der Waals surface area (Å²) in [5.41, 5.74) is 10.0. The van der Waals surface area contributed by atoms with Gasteiger partial charge in [0.05, 0.1) is 60.3 Å². The molecule has 1 saturated heterocycles. The summed E-state index contributed by atoms with van der Waals surface area (Å²) in [6.07, 6.45) is 6.56. The van der Waals surface area contributed by atoms with E-state index in [9.17, 15) is 33.9 Å². The fourth-order valence-electron chi connectivity index (χ4n) is 9.66. The molecular weight excluding hydrogens is 963 g/mol. The molecule has 4 heterocycles. The summed E-state index contributed by atoms with van der Waals surface area (Å²) in [5.74, 6) is -1.49. The Kier molecular flexibility index (Phi) is 18.7. The second kappa shape index (κ2) is 24.9. The van der Waals surface area contributed by atoms with Gasteiger partial charge in [-0.1, -0.05) is 62.8 Å². The van der Waals surface area contributed by atoms with Crippen molar-refractivity contribution in [3.63, 3.8) is 0 Å². The highest BCUT2D eigenvalue weighted by Gasteiger charge is 2.44. The van der Waals surface area contributed by atoms with Crippen molar-refractivity contribution in [1.82, 2.24) is 35.2 Å². The van der Waals surface area contributed by atoms with Crippen LogP contribution < -0.4 is 10.6 Å². The molecule has 0 bridgehead atoms. The average molecular weight is 1030 g/mol. The highest BCUT2D eigenvalue weighted by atomic mass is 32.1. The molecule has 0 saturated carbocycles. The van der Waals surface area contributed by atoms with Crippen LogP contribution in [0.25, 0.3) is 26.9 Å². The lowest BCUT2D eigenvalue weighted by molar-refractivity contribution is -0.144. The molecule has 3 N–H and O–H groups in total. The molecule has 0 spiro atoms. The summed E-state index contributed by atoms with van der Waals surface area (Å²) in [7, 11) is 0. The van der Waals surface area contributed by atoms with E-state index in [2.05, 4.69) is 26.8 Å². The van der Waals surface area contributed by atoms with Crippen LogP contribution >= 0.6 is 11.3 Å². The molecule has 2 aliphatic heterocycles. The standard InChI is InChI=1S/C56H71N7O10S/c1-34(2)63-46-26-41(25-44(45(46)29-59-63)48(65)14-13-43-36(4)23-35(3)24-49(43)66)39-15-17-61(18-16-39)51(68)32-73-22-20-71-19-21-72-31-50(67)60-53(56(6,7)8)55(70)62-30-42(64)27-47(62)54(69)57-28-38-9-11-40(12-10-38)52-37(5)58-33-74-52/h9-12,15,23,25-26,29,33-34,42,47,53,64H,13-14,16-22,24,27-28,30-32H2,1-8H3,(H,57,69)(H,60,67)/t42-,47+,53-/m1/s1. The molecule has 1 aliphatic carbocycles. The third kappa shape index (κ3) is 13.9. The second-order valence-electron chi connectivity index (χ2n) is 20.8. The SMILES string of the molecule is CC1=CC(C)=C(CCC(=O)c2cc(C3=CCN(C(=O)COCCOCCOCC(=O)N[C@H](C(=O)N4C[C@H](O)C[C@H]4C(=O)NCc4ccc(-c5scnc5C)cc4)C(C)(C)C)CC3)cc3c2cnn3C(C)C)C(=O)C1. The van der Waals surface area contributed by atoms with Gasteiger partial charge in [-0.2, -0.15) is 5.10 Å². The summed E-state index contributed by atoms with van der Waals surface area (Å²) >= 11 is 1.56. The first-order valence-electron chi connectivity index (χ1n) is 25.5. The van der Waals surface area contributed by atoms with E-state index in [0.29, 0.717) is 37.9 Å². The van der Waals surface area contributed by atoms with Gasteiger partial charge in [0.25, 0.3) is 0 Å². The maximum absolute atomic E-state index is 14.0. The van der Waals surface area contributed by atoms with Gasteiger partial charge in [-0.25, -0.2) is 4.98 Å². The topological polar surface area (TPSA) is 212 Å². The minimum Gasteiger partial charge on any atom is -0.391 e. The van der Waals surface area contributed by atoms with Gasteiger partial charge in [-0.15, -0.1) is 11.3 Å². The molecular formula is C56H71N7O10S. The van der Waals surface area contributed by atoms with Crippen LogP contribution in [0.2, 0.25) is 0 Å². The highest BCUT2D eigenvalue weighted by Crippen LogP contribution is 2.33. The van der Waals surface area contributed by atoms with Crippen molar-refractivity contribution < 1.29 is 48.1 Å². The molecule has 74 heavy (non-hydrogen) atoms. The van der Waals surface area contributed by atoms with E-state index in [0.717, 1.165) is 60.5 Å². The molecule has 4 aromatic rings. The fraction of sp³-hybridized carbons (Fsp3) is 0.500. The Morgan fingerprint density at radius 3 is 2.31 bits per heavy atom. The van der Waals surface area contributed by atoms with Crippen LogP contribution in [0, 0.1) is 12.3 Å². The average Bonchev–Trinajstić information content (AvgIpc) is 4.11. The van der Waals surface area contributed by atoms with E-state index in [-0.39, 0.29) is 95.0 Å². The van der Waals surface area contributed by atoms with Crippen LogP contribution in [-0.2, 0) is 44.7 Å². The predicted octanol–water partition coefficient (Wildman–Crippen LogP) is 6.72. The molecule has 0 radical (unpaired) electrons. The van der Waals surface area contributed by atoms with Crippen molar-refractivity contribution in [2.75, 3.05) is 59.3 Å². The first kappa shape index (κ1) is 55.6. The number of fused-ring (bicyclic) bond motifs is 1. The Morgan fingerprint density at radius 1 is 0.946 bits per heavy atom. The number of nitrogens with zero attached hydrogens (tertiary/aromatic N) is 5. The molecule has 18 heteroatoms. The number of aryl methyl sites for hydroxylation is 1. The normalized spacial score (nSPS) is 17.7. The smallest absolute Gasteiger partial charge is 0.248 e. The summed E-state index contributed by atoms with van der Waals surface area (Å²) in [4.78, 5) is 88.7. The Balaban J connectivity index is 0.808. The van der Waals surface area contributed by atoms with Crippen LogP contribution in [0.1, 0.15) is 114 Å². The first-order valence-corrected chi connectivity index (χ1v) is 26.4. The maximum Gasteiger partial charge on any atom is 0.248 e. The van der Waals surface area contributed by atoms with Crippen molar-refractivity contribution >= 4 is 63.0 Å². The van der Waals surface area contributed by atoms with E-state index < -0.39 is 35.4 Å². The quantitative estimate of drug-likeness (QED) is 0.0553. The number of rotatable bonds is 22. The Morgan fingerprint density at radius 2 is 1.66 bits per heavy atom. The van der Waals surface area contributed by atoms with E-state index in [1.165, 1.54) is 4.90 Å². The fourth-order valence-corrected chi connectivity index (χ4v) is 10.5. The number of likely N-dealkylation sites (tertiary alicyclic amines) is 1. The van der Waals surface area contributed by atoms with Gasteiger partial charge in [0.2, 0.25) is 23.6 Å². The monoisotopic (exact) mass is 1030 g/mol. The number of allylic oxidation sites excluding steroid dienone is 4. The number of carbonyl (C=O) groups is 6. The first-order chi connectivity index (χ1) is 35.3. The van der Waals surface area contributed by atoms with Crippen molar-refractivity contribution in [1.29, 1.82) is 0 Å². The van der Waals surface area contributed by atoms with Gasteiger partial charge in [0.15, 0.2) is 11.6 Å². The van der Waals surface area contributed by atoms with Gasteiger partial charge in [-0.3, -0.25) is 33.4 Å². The van der Waals surface area contributed by atoms with Gasteiger partial charge in [0, 0.05) is 62.4 Å². The number of ether oxygens (including phenoxy) is 3. The van der Waals surface area contributed by atoms with Crippen LogP contribution in [0.4, 0.5) is 0 Å². The number of amides is 4. The van der Waals surface area contributed by atoms with Crippen LogP contribution in [0.5, 0.6) is 0 Å². The lowest BCUT2D eigenvalue weighted by Gasteiger charge is -2.35. The maximum atomic E-state index is 14.0. The number of hydrogen-bond acceptors (Lipinski definition) is 13. The molecule has 2 aromatic heterocycles. The number of Topliss-reactive ketones (excluding diaryl/α,β-unsaturated/α-hetero) is 2. The van der Waals surface area contributed by atoms with Crippen LogP contribution in [-0.4, -0.2) is 142 Å². The zero-order valence-electron chi connectivity index (χ0n) is 44.0. The number of ketones is 2. The summed E-state index contributed by atoms with van der Waals surface area (Å²) in [6, 6.07) is 10.00. The number of hydrogen-bond donors (Lipinski definition) is 3. The van der Waals surface area contributed by atoms with Gasteiger partial charge in [0.1, 0.15) is 25.3 Å². The molecule has 2 aromatic carbocycles. The Bertz CT molecular complexity index is 2820. The molecule has 3 atom stereocenters. The minimum atomic E-state index is -0.996. The number of aliphatic hydroxyl groups excluding tert-OH is 1. The number of nitrogens with one attached hydrogen (secondary N) is 2. The largest absolute Gasteiger partial charge is 0.391 e. The van der Waals surface area contributed by atoms with Crippen molar-refractivity contribution in [3.05, 3.63) is 99.4 Å². The zero-order valence-corrected chi connectivity index (χ0v) is 44.8. The second-order valence-corrected chi connectivity index (χ2v) is 21.7. The number of carbonyl (C=O) groups excluding carboxylic acids is 6. The molecule has 0 unspecified atom stereocenters. The molecule has 17 nitrogen and oxygen atoms in total. The van der Waals surface area contributed by atoms with Crippen LogP contribution in [0.3, 0.4) is 0 Å². The summed E-state index contributed by atoms with van der Waals surface area (Å²) in [6.45, 7) is 16.6. The van der Waals surface area contributed by atoms with Crippen LogP contribution in [0.15, 0.2) is 77.0 Å². The van der Waals surface area contributed by atoms with Crippen molar-refractivity contribution in [2.24, 2.45) is 5.41 Å². The molecule has 4 amide bonds. The van der Waals surface area contributed by atoms with Crippen molar-refractivity contribution in [2.45, 2.75) is 118 Å². The molecule has 7 rings (SSSR count). The van der Waals surface area contributed by atoms with E-state index in [1.54, 1.807) is 27.9 Å². The van der Waals surface area contributed by atoms with E-state index in [1.807, 2.05) is 103 Å². The predicted molar refractivity (Wildman–Crippen MR) is 283 cm³/mol. The number of aromatic nitrogens is 3. The number of aliphatic hydroxyl groups is 1. The highest BCUT2D eigenvalue weighted by molar-refractivity contribution is 7.13. The number of β-amino-alcohol motifs (C(OH)–C–C–N with tert-alkyl or cyclic N) is 1. The lowest BCUT2D eigenvalue weighted by Crippen LogP contribution is -2.58. The summed E-state index contributed by atoms with van der Waals surface area (Å²) in [5, 5.41) is 21.7. The van der Waals surface area contributed by atoms with Crippen molar-refractivity contribution in [3.8, 4) is 10.4 Å². The number of benzene rings is 2. The zero-order chi connectivity index (χ0) is 53.3. The third-order valence-electron chi connectivity index (χ3n) is 13.7. The Hall–Kier alpha value is -6.18. The van der Waals surface area contributed by atoms with Gasteiger partial charge in [-0.05, 0) is 98.4 Å². The minimum absolute atomic E-state index is 0.0363. The van der Waals surface area contributed by atoms with Gasteiger partial charge < -0.3 is 39.8 Å². The van der Waals surface area contributed by atoms with E-state index >= 15 is 0 Å². The molecule has 3 aliphatic rings. The third-order valence-corrected chi connectivity index (χ3v) is 14.6. The summed E-state index contributed by atoms with van der Waals surface area (Å²) < 4.78 is 18.7.